The number of nitrogens with zero attached hydrogens (tertiary/aromatic N) is 1. The quantitative estimate of drug-likeness (QED) is 0.622. The van der Waals surface area contributed by atoms with E-state index >= 15 is 0 Å². The predicted octanol–water partition coefficient (Wildman–Crippen LogP) is 4.40. The highest BCUT2D eigenvalue weighted by atomic mass is 16.6. The van der Waals surface area contributed by atoms with Gasteiger partial charge in [0.15, 0.2) is 5.78 Å². The molecule has 0 bridgehead atoms. The molecule has 0 radical (unpaired) electrons. The Labute approximate surface area is 128 Å². The highest BCUT2D eigenvalue weighted by Crippen LogP contribution is 2.28. The maximum absolute atomic E-state index is 11.5. The van der Waals surface area contributed by atoms with E-state index in [0.29, 0.717) is 6.42 Å². The minimum absolute atomic E-state index is 0.0891. The number of nitro groups is 1. The first kappa shape index (κ1) is 14.2. The van der Waals surface area contributed by atoms with Gasteiger partial charge >= 0.3 is 0 Å². The summed E-state index contributed by atoms with van der Waals surface area (Å²) >= 11 is 0. The summed E-state index contributed by atoms with van der Waals surface area (Å²) < 4.78 is 0. The number of ketones is 1. The number of carbonyl (C=O) groups excluding carboxylic acids is 1. The second kappa shape index (κ2) is 5.93. The molecule has 2 aromatic rings. The maximum Gasteiger partial charge on any atom is 0.269 e. The van der Waals surface area contributed by atoms with E-state index in [0.717, 1.165) is 35.1 Å². The highest BCUT2D eigenvalue weighted by molar-refractivity contribution is 5.98. The van der Waals surface area contributed by atoms with Crippen molar-refractivity contribution in [2.45, 2.75) is 19.3 Å². The summed E-state index contributed by atoms with van der Waals surface area (Å²) in [6, 6.07) is 14.5. The van der Waals surface area contributed by atoms with Crippen LogP contribution >= 0.6 is 0 Å². The topological polar surface area (TPSA) is 60.2 Å². The number of rotatable bonds is 3. The van der Waals surface area contributed by atoms with Gasteiger partial charge in [-0.2, -0.15) is 0 Å². The maximum atomic E-state index is 11.5. The smallest absolute Gasteiger partial charge is 0.269 e. The van der Waals surface area contributed by atoms with E-state index in [1.165, 1.54) is 12.1 Å². The fraction of sp³-hybridized carbons (Fsp3) is 0.167. The van der Waals surface area contributed by atoms with Crippen molar-refractivity contribution in [2.24, 2.45) is 0 Å². The van der Waals surface area contributed by atoms with Crippen molar-refractivity contribution >= 4 is 17.0 Å². The molecule has 0 aliphatic heterocycles. The van der Waals surface area contributed by atoms with Crippen LogP contribution < -0.4 is 0 Å². The molecule has 0 unspecified atom stereocenters. The van der Waals surface area contributed by atoms with Crippen molar-refractivity contribution in [3.05, 3.63) is 70.3 Å². The van der Waals surface area contributed by atoms with Crippen LogP contribution in [0.2, 0.25) is 0 Å². The van der Waals surface area contributed by atoms with Crippen molar-refractivity contribution in [3.8, 4) is 11.1 Å². The molecule has 0 saturated heterocycles. The predicted molar refractivity (Wildman–Crippen MR) is 85.4 cm³/mol. The number of benzene rings is 2. The second-order valence-electron chi connectivity index (χ2n) is 5.37. The van der Waals surface area contributed by atoms with Gasteiger partial charge in [-0.3, -0.25) is 14.9 Å². The normalized spacial score (nSPS) is 14.5. The Morgan fingerprint density at radius 3 is 1.91 bits per heavy atom. The lowest BCUT2D eigenvalue weighted by Gasteiger charge is -2.12. The van der Waals surface area contributed by atoms with Crippen LogP contribution in [-0.4, -0.2) is 10.7 Å². The van der Waals surface area contributed by atoms with Gasteiger partial charge in [0.25, 0.3) is 5.69 Å². The molecule has 22 heavy (non-hydrogen) atoms. The number of allylic oxidation sites excluding steroid dienone is 2. The first-order chi connectivity index (χ1) is 10.6. The average Bonchev–Trinajstić information content (AvgIpc) is 2.55. The van der Waals surface area contributed by atoms with Crippen LogP contribution in [0.5, 0.6) is 0 Å². The molecule has 4 heteroatoms. The molecule has 0 amide bonds. The van der Waals surface area contributed by atoms with E-state index in [-0.39, 0.29) is 11.5 Å². The SMILES string of the molecule is O=C1C=C(c2ccc(-c3ccc([N+](=O)[O-])cc3)cc2)CCC1. The Balaban J connectivity index is 1.85. The summed E-state index contributed by atoms with van der Waals surface area (Å²) in [5, 5.41) is 10.7. The molecule has 3 rings (SSSR count). The molecule has 2 aromatic carbocycles. The van der Waals surface area contributed by atoms with E-state index in [4.69, 9.17) is 0 Å². The number of hydrogen-bond acceptors (Lipinski definition) is 3. The van der Waals surface area contributed by atoms with Crippen LogP contribution in [0.4, 0.5) is 5.69 Å². The van der Waals surface area contributed by atoms with Crippen LogP contribution in [0.1, 0.15) is 24.8 Å². The van der Waals surface area contributed by atoms with Crippen LogP contribution in [-0.2, 0) is 4.79 Å². The summed E-state index contributed by atoms with van der Waals surface area (Å²) in [6.07, 6.45) is 4.23. The van der Waals surface area contributed by atoms with E-state index in [1.54, 1.807) is 18.2 Å². The number of carbonyl (C=O) groups is 1. The van der Waals surface area contributed by atoms with Gasteiger partial charge in [0.05, 0.1) is 4.92 Å². The standard InChI is InChI=1S/C18H15NO3/c20-18-3-1-2-16(12-18)15-6-4-13(5-7-15)14-8-10-17(11-9-14)19(21)22/h4-12H,1-3H2. The molecule has 110 valence electrons. The average molecular weight is 293 g/mol. The van der Waals surface area contributed by atoms with Crippen LogP contribution in [0.25, 0.3) is 16.7 Å². The molecule has 0 fully saturated rings. The molecule has 0 saturated carbocycles. The van der Waals surface area contributed by atoms with E-state index in [9.17, 15) is 14.9 Å². The number of non-ortho nitro benzene ring substituents is 1. The van der Waals surface area contributed by atoms with Gasteiger partial charge in [-0.15, -0.1) is 0 Å². The van der Waals surface area contributed by atoms with Gasteiger partial charge in [-0.1, -0.05) is 24.3 Å². The largest absolute Gasteiger partial charge is 0.295 e. The van der Waals surface area contributed by atoms with Gasteiger partial charge in [-0.05, 0) is 53.3 Å². The first-order valence-corrected chi connectivity index (χ1v) is 7.22. The van der Waals surface area contributed by atoms with Crippen molar-refractivity contribution in [2.75, 3.05) is 0 Å². The molecule has 1 aliphatic rings. The van der Waals surface area contributed by atoms with E-state index in [1.807, 2.05) is 24.3 Å². The summed E-state index contributed by atoms with van der Waals surface area (Å²) in [6.45, 7) is 0. The molecule has 1 aliphatic carbocycles. The zero-order valence-corrected chi connectivity index (χ0v) is 12.0. The zero-order chi connectivity index (χ0) is 15.5. The fourth-order valence-corrected chi connectivity index (χ4v) is 2.67. The summed E-state index contributed by atoms with van der Waals surface area (Å²) in [5.41, 5.74) is 4.18. The summed E-state index contributed by atoms with van der Waals surface area (Å²) in [7, 11) is 0. The first-order valence-electron chi connectivity index (χ1n) is 7.22. The van der Waals surface area contributed by atoms with Crippen LogP contribution in [0.15, 0.2) is 54.6 Å². The Morgan fingerprint density at radius 2 is 1.36 bits per heavy atom. The van der Waals surface area contributed by atoms with Crippen LogP contribution in [0, 0.1) is 10.1 Å². The lowest BCUT2D eigenvalue weighted by atomic mass is 9.92. The zero-order valence-electron chi connectivity index (χ0n) is 12.0. The molecule has 0 heterocycles. The molecule has 0 N–H and O–H groups in total. The van der Waals surface area contributed by atoms with Gasteiger partial charge in [0.1, 0.15) is 0 Å². The molecule has 0 aromatic heterocycles. The van der Waals surface area contributed by atoms with Crippen molar-refractivity contribution in [3.63, 3.8) is 0 Å². The number of nitro benzene ring substituents is 1. The molecule has 0 atom stereocenters. The fourth-order valence-electron chi connectivity index (χ4n) is 2.67. The van der Waals surface area contributed by atoms with Crippen LogP contribution in [0.3, 0.4) is 0 Å². The molecular formula is C18H15NO3. The van der Waals surface area contributed by atoms with Gasteiger partial charge in [0.2, 0.25) is 0 Å². The summed E-state index contributed by atoms with van der Waals surface area (Å²) in [4.78, 5) is 21.8. The van der Waals surface area contributed by atoms with Gasteiger partial charge < -0.3 is 0 Å². The van der Waals surface area contributed by atoms with Gasteiger partial charge in [-0.25, -0.2) is 0 Å². The van der Waals surface area contributed by atoms with Crippen molar-refractivity contribution < 1.29 is 9.72 Å². The van der Waals surface area contributed by atoms with Crippen molar-refractivity contribution in [1.82, 2.24) is 0 Å². The Morgan fingerprint density at radius 1 is 0.818 bits per heavy atom. The monoisotopic (exact) mass is 293 g/mol. The Kier molecular flexibility index (Phi) is 3.83. The Hall–Kier alpha value is -2.75. The lowest BCUT2D eigenvalue weighted by Crippen LogP contribution is -2.01. The second-order valence-corrected chi connectivity index (χ2v) is 5.37. The highest BCUT2D eigenvalue weighted by Gasteiger charge is 2.11. The third kappa shape index (κ3) is 2.96. The molecule has 4 nitrogen and oxygen atoms in total. The number of hydrogen-bond donors (Lipinski definition) is 0. The minimum atomic E-state index is -0.403. The third-order valence-electron chi connectivity index (χ3n) is 3.87. The minimum Gasteiger partial charge on any atom is -0.295 e. The Bertz CT molecular complexity index is 743. The van der Waals surface area contributed by atoms with E-state index < -0.39 is 4.92 Å². The third-order valence-corrected chi connectivity index (χ3v) is 3.87. The van der Waals surface area contributed by atoms with Crippen molar-refractivity contribution in [1.29, 1.82) is 0 Å². The summed E-state index contributed by atoms with van der Waals surface area (Å²) in [5.74, 6) is 0.195. The molecular weight excluding hydrogens is 278 g/mol. The lowest BCUT2D eigenvalue weighted by molar-refractivity contribution is -0.384. The van der Waals surface area contributed by atoms with E-state index in [2.05, 4.69) is 0 Å². The van der Waals surface area contributed by atoms with Gasteiger partial charge in [0, 0.05) is 18.6 Å². The molecule has 0 spiro atoms.